The SMILES string of the molecule is CCCN1C(=O)/C(=C/c2cc(Br)c(OCc3ccc(F)cc3)c(OC)c2)SC1=Nc1ccc(Cl)cc1. The van der Waals surface area contributed by atoms with Gasteiger partial charge in [0.1, 0.15) is 12.4 Å². The van der Waals surface area contributed by atoms with Gasteiger partial charge in [0, 0.05) is 11.6 Å². The van der Waals surface area contributed by atoms with E-state index in [0.29, 0.717) is 37.6 Å². The average molecular weight is 590 g/mol. The number of methoxy groups -OCH3 is 1. The molecule has 9 heteroatoms. The fraction of sp³-hybridized carbons (Fsp3) is 0.185. The first-order valence-electron chi connectivity index (χ1n) is 11.2. The molecule has 0 aliphatic carbocycles. The Labute approximate surface area is 227 Å². The number of benzene rings is 3. The molecule has 0 spiro atoms. The van der Waals surface area contributed by atoms with Crippen LogP contribution in [0.15, 0.2) is 75.0 Å². The van der Waals surface area contributed by atoms with Gasteiger partial charge in [-0.2, -0.15) is 0 Å². The summed E-state index contributed by atoms with van der Waals surface area (Å²) in [7, 11) is 1.55. The number of amidine groups is 1. The molecule has 3 aromatic carbocycles. The molecule has 0 unspecified atom stereocenters. The van der Waals surface area contributed by atoms with E-state index in [1.807, 2.05) is 37.3 Å². The Kier molecular flexibility index (Phi) is 8.72. The van der Waals surface area contributed by atoms with Crippen LogP contribution < -0.4 is 9.47 Å². The average Bonchev–Trinajstić information content (AvgIpc) is 3.14. The lowest BCUT2D eigenvalue weighted by Crippen LogP contribution is -2.29. The summed E-state index contributed by atoms with van der Waals surface area (Å²) in [6.07, 6.45) is 2.62. The van der Waals surface area contributed by atoms with Crippen LogP contribution in [0, 0.1) is 5.82 Å². The number of carbonyl (C=O) groups excluding carboxylic acids is 1. The molecule has 1 aliphatic rings. The number of hydrogen-bond acceptors (Lipinski definition) is 5. The molecule has 1 aliphatic heterocycles. The molecular formula is C27H23BrClFN2O3S. The molecule has 1 heterocycles. The van der Waals surface area contributed by atoms with Crippen LogP contribution in [-0.4, -0.2) is 29.6 Å². The molecule has 186 valence electrons. The van der Waals surface area contributed by atoms with Crippen molar-refractivity contribution in [1.82, 2.24) is 4.90 Å². The number of ether oxygens (including phenoxy) is 2. The lowest BCUT2D eigenvalue weighted by Gasteiger charge is -2.14. The maximum atomic E-state index is 13.2. The summed E-state index contributed by atoms with van der Waals surface area (Å²) in [6.45, 7) is 2.84. The Morgan fingerprint density at radius 3 is 2.53 bits per heavy atom. The largest absolute Gasteiger partial charge is 0.493 e. The number of thioether (sulfide) groups is 1. The van der Waals surface area contributed by atoms with Gasteiger partial charge < -0.3 is 9.47 Å². The number of carbonyl (C=O) groups is 1. The lowest BCUT2D eigenvalue weighted by atomic mass is 10.1. The summed E-state index contributed by atoms with van der Waals surface area (Å²) in [5, 5.41) is 1.26. The van der Waals surface area contributed by atoms with Crippen LogP contribution in [0.4, 0.5) is 10.1 Å². The number of halogens is 3. The molecular weight excluding hydrogens is 567 g/mol. The van der Waals surface area contributed by atoms with Crippen molar-refractivity contribution in [1.29, 1.82) is 0 Å². The maximum Gasteiger partial charge on any atom is 0.266 e. The maximum absolute atomic E-state index is 13.2. The summed E-state index contributed by atoms with van der Waals surface area (Å²) in [4.78, 5) is 20.1. The summed E-state index contributed by atoms with van der Waals surface area (Å²) in [5.74, 6) is 0.635. The quantitative estimate of drug-likeness (QED) is 0.251. The van der Waals surface area contributed by atoms with E-state index >= 15 is 0 Å². The fourth-order valence-electron chi connectivity index (χ4n) is 3.49. The number of aliphatic imine (C=N–C) groups is 1. The summed E-state index contributed by atoms with van der Waals surface area (Å²) >= 11 is 10.9. The Bertz CT molecular complexity index is 1310. The molecule has 1 saturated heterocycles. The van der Waals surface area contributed by atoms with E-state index in [9.17, 15) is 9.18 Å². The van der Waals surface area contributed by atoms with Crippen LogP contribution in [-0.2, 0) is 11.4 Å². The molecule has 0 saturated carbocycles. The van der Waals surface area contributed by atoms with Gasteiger partial charge in [-0.25, -0.2) is 9.38 Å². The zero-order valence-electron chi connectivity index (χ0n) is 19.6. The van der Waals surface area contributed by atoms with E-state index in [4.69, 9.17) is 21.1 Å². The van der Waals surface area contributed by atoms with E-state index < -0.39 is 0 Å². The van der Waals surface area contributed by atoms with Crippen LogP contribution in [0.1, 0.15) is 24.5 Å². The Morgan fingerprint density at radius 2 is 1.86 bits per heavy atom. The third-order valence-corrected chi connectivity index (χ3v) is 7.08. The first kappa shape index (κ1) is 26.3. The molecule has 3 aromatic rings. The van der Waals surface area contributed by atoms with Crippen molar-refractivity contribution in [3.8, 4) is 11.5 Å². The van der Waals surface area contributed by atoms with Crippen molar-refractivity contribution in [3.63, 3.8) is 0 Å². The molecule has 0 radical (unpaired) electrons. The van der Waals surface area contributed by atoms with Gasteiger partial charge in [-0.1, -0.05) is 30.7 Å². The second-order valence-corrected chi connectivity index (χ2v) is 10.2. The fourth-order valence-corrected chi connectivity index (χ4v) is 5.21. The second kappa shape index (κ2) is 12.0. The zero-order valence-corrected chi connectivity index (χ0v) is 22.8. The van der Waals surface area contributed by atoms with Crippen LogP contribution >= 0.6 is 39.3 Å². The standard InChI is InChI=1S/C27H23BrClFN2O3S/c1-3-12-32-26(33)24(36-27(32)31-21-10-6-19(29)7-11-21)15-18-13-22(28)25(23(14-18)34-2)35-16-17-4-8-20(30)9-5-17/h4-11,13-15H,3,12,16H2,1-2H3/b24-15-,31-27?. The second-order valence-electron chi connectivity index (χ2n) is 7.89. The Morgan fingerprint density at radius 1 is 1.14 bits per heavy atom. The molecule has 0 bridgehead atoms. The molecule has 0 aromatic heterocycles. The third-order valence-electron chi connectivity index (χ3n) is 5.23. The first-order chi connectivity index (χ1) is 17.4. The van der Waals surface area contributed by atoms with Crippen molar-refractivity contribution >= 4 is 62.1 Å². The smallest absolute Gasteiger partial charge is 0.266 e. The number of hydrogen-bond donors (Lipinski definition) is 0. The van der Waals surface area contributed by atoms with Crippen molar-refractivity contribution in [2.45, 2.75) is 20.0 Å². The minimum absolute atomic E-state index is 0.0960. The molecule has 0 atom stereocenters. The number of rotatable bonds is 8. The lowest BCUT2D eigenvalue weighted by molar-refractivity contribution is -0.122. The van der Waals surface area contributed by atoms with Crippen LogP contribution in [0.3, 0.4) is 0 Å². The van der Waals surface area contributed by atoms with E-state index in [1.165, 1.54) is 23.9 Å². The van der Waals surface area contributed by atoms with Gasteiger partial charge in [0.25, 0.3) is 5.91 Å². The molecule has 0 N–H and O–H groups in total. The van der Waals surface area contributed by atoms with Gasteiger partial charge in [0.15, 0.2) is 16.7 Å². The normalized spacial score (nSPS) is 15.7. The predicted octanol–water partition coefficient (Wildman–Crippen LogP) is 7.84. The summed E-state index contributed by atoms with van der Waals surface area (Å²) in [6, 6.07) is 17.0. The van der Waals surface area contributed by atoms with Crippen LogP contribution in [0.5, 0.6) is 11.5 Å². The van der Waals surface area contributed by atoms with Crippen LogP contribution in [0.2, 0.25) is 5.02 Å². The monoisotopic (exact) mass is 588 g/mol. The minimum Gasteiger partial charge on any atom is -0.493 e. The van der Waals surface area contributed by atoms with E-state index in [1.54, 1.807) is 36.3 Å². The van der Waals surface area contributed by atoms with E-state index in [2.05, 4.69) is 20.9 Å². The summed E-state index contributed by atoms with van der Waals surface area (Å²) < 4.78 is 25.3. The zero-order chi connectivity index (χ0) is 25.7. The van der Waals surface area contributed by atoms with E-state index in [-0.39, 0.29) is 18.3 Å². The highest BCUT2D eigenvalue weighted by molar-refractivity contribution is 9.10. The van der Waals surface area contributed by atoms with Crippen molar-refractivity contribution in [3.05, 3.63) is 92.0 Å². The Balaban J connectivity index is 1.59. The highest BCUT2D eigenvalue weighted by Gasteiger charge is 2.33. The van der Waals surface area contributed by atoms with Crippen molar-refractivity contribution in [2.75, 3.05) is 13.7 Å². The topological polar surface area (TPSA) is 51.1 Å². The van der Waals surface area contributed by atoms with Crippen molar-refractivity contribution < 1.29 is 18.7 Å². The highest BCUT2D eigenvalue weighted by Crippen LogP contribution is 2.40. The van der Waals surface area contributed by atoms with Gasteiger partial charge in [0.2, 0.25) is 0 Å². The third kappa shape index (κ3) is 6.30. The van der Waals surface area contributed by atoms with Gasteiger partial charge >= 0.3 is 0 Å². The highest BCUT2D eigenvalue weighted by atomic mass is 79.9. The van der Waals surface area contributed by atoms with Gasteiger partial charge in [-0.3, -0.25) is 9.69 Å². The first-order valence-corrected chi connectivity index (χ1v) is 13.2. The molecule has 36 heavy (non-hydrogen) atoms. The Hall–Kier alpha value is -2.81. The van der Waals surface area contributed by atoms with Gasteiger partial charge in [-0.15, -0.1) is 0 Å². The minimum atomic E-state index is -0.298. The molecule has 4 rings (SSSR count). The van der Waals surface area contributed by atoms with Crippen LogP contribution in [0.25, 0.3) is 6.08 Å². The van der Waals surface area contributed by atoms with Gasteiger partial charge in [-0.05, 0) is 99.8 Å². The van der Waals surface area contributed by atoms with Gasteiger partial charge in [0.05, 0.1) is 22.2 Å². The van der Waals surface area contributed by atoms with E-state index in [0.717, 1.165) is 23.2 Å². The number of nitrogens with zero attached hydrogens (tertiary/aromatic N) is 2. The summed E-state index contributed by atoms with van der Waals surface area (Å²) in [5.41, 5.74) is 2.32. The molecule has 1 amide bonds. The predicted molar refractivity (Wildman–Crippen MR) is 148 cm³/mol. The van der Waals surface area contributed by atoms with Crippen molar-refractivity contribution in [2.24, 2.45) is 4.99 Å². The molecule has 5 nitrogen and oxygen atoms in total. The molecule has 1 fully saturated rings. The number of amides is 1.